The molecule has 9 heavy (non-hydrogen) atoms. The van der Waals surface area contributed by atoms with Gasteiger partial charge in [0, 0.05) is 13.1 Å². The summed E-state index contributed by atoms with van der Waals surface area (Å²) in [6, 6.07) is 0. The van der Waals surface area contributed by atoms with Crippen molar-refractivity contribution in [1.82, 2.24) is 5.32 Å². The first-order valence-corrected chi connectivity index (χ1v) is 3.68. The van der Waals surface area contributed by atoms with Gasteiger partial charge in [0.15, 0.2) is 0 Å². The maximum atomic E-state index is 9.27. The fourth-order valence-electron chi connectivity index (χ4n) is 1.05. The molecule has 0 bridgehead atoms. The fourth-order valence-corrected chi connectivity index (χ4v) is 1.40. The van der Waals surface area contributed by atoms with Crippen LogP contribution in [0.3, 0.4) is 0 Å². The Hall–Kier alpha value is 0.210. The van der Waals surface area contributed by atoms with E-state index in [9.17, 15) is 5.11 Å². The van der Waals surface area contributed by atoms with E-state index in [4.69, 9.17) is 11.6 Å². The molecule has 0 amide bonds. The van der Waals surface area contributed by atoms with Crippen molar-refractivity contribution in [3.8, 4) is 0 Å². The molecule has 3 unspecified atom stereocenters. The van der Waals surface area contributed by atoms with Crippen LogP contribution in [0.25, 0.3) is 0 Å². The molecule has 3 atom stereocenters. The number of piperidine rings is 1. The summed E-state index contributed by atoms with van der Waals surface area (Å²) in [7, 11) is 0. The fraction of sp³-hybridized carbons (Fsp3) is 1.00. The van der Waals surface area contributed by atoms with Crippen molar-refractivity contribution in [2.75, 3.05) is 13.1 Å². The Morgan fingerprint density at radius 2 is 2.22 bits per heavy atom. The van der Waals surface area contributed by atoms with Crippen LogP contribution in [0.5, 0.6) is 0 Å². The molecule has 1 saturated heterocycles. The highest BCUT2D eigenvalue weighted by molar-refractivity contribution is 6.21. The normalized spacial score (nSPS) is 45.0. The van der Waals surface area contributed by atoms with E-state index in [1.165, 1.54) is 0 Å². The maximum Gasteiger partial charge on any atom is 0.0753 e. The second kappa shape index (κ2) is 2.86. The second-order valence-electron chi connectivity index (χ2n) is 2.64. The molecule has 0 aromatic carbocycles. The summed E-state index contributed by atoms with van der Waals surface area (Å²) in [5.74, 6) is 0.293. The van der Waals surface area contributed by atoms with E-state index >= 15 is 0 Å². The lowest BCUT2D eigenvalue weighted by Gasteiger charge is -2.29. The predicted molar refractivity (Wildman–Crippen MR) is 37.7 cm³/mol. The minimum atomic E-state index is -0.326. The molecular formula is C6H12ClNO. The van der Waals surface area contributed by atoms with E-state index in [2.05, 4.69) is 5.32 Å². The molecule has 2 nitrogen and oxygen atoms in total. The van der Waals surface area contributed by atoms with Gasteiger partial charge in [0.05, 0.1) is 11.5 Å². The molecule has 1 rings (SSSR count). The summed E-state index contributed by atoms with van der Waals surface area (Å²) in [5, 5.41) is 12.3. The van der Waals surface area contributed by atoms with Gasteiger partial charge >= 0.3 is 0 Å². The molecule has 0 aliphatic carbocycles. The summed E-state index contributed by atoms with van der Waals surface area (Å²) in [4.78, 5) is 0. The average molecular weight is 150 g/mol. The van der Waals surface area contributed by atoms with Gasteiger partial charge in [0.2, 0.25) is 0 Å². The van der Waals surface area contributed by atoms with Crippen molar-refractivity contribution in [2.45, 2.75) is 18.4 Å². The number of aliphatic hydroxyl groups is 1. The number of hydrogen-bond acceptors (Lipinski definition) is 2. The third-order valence-corrected chi connectivity index (χ3v) is 2.17. The standard InChI is InChI=1S/C6H12ClNO/c1-4-2-8-3-5(7)6(4)9/h4-6,8-9H,2-3H2,1H3. The Morgan fingerprint density at radius 1 is 1.56 bits per heavy atom. The van der Waals surface area contributed by atoms with Gasteiger partial charge < -0.3 is 10.4 Å². The highest BCUT2D eigenvalue weighted by atomic mass is 35.5. The number of nitrogens with one attached hydrogen (secondary N) is 1. The molecule has 2 N–H and O–H groups in total. The van der Waals surface area contributed by atoms with Gasteiger partial charge in [-0.3, -0.25) is 0 Å². The zero-order valence-electron chi connectivity index (χ0n) is 5.47. The van der Waals surface area contributed by atoms with E-state index in [-0.39, 0.29) is 11.5 Å². The first-order chi connectivity index (χ1) is 4.22. The first-order valence-electron chi connectivity index (χ1n) is 3.24. The number of alkyl halides is 1. The van der Waals surface area contributed by atoms with Crippen LogP contribution in [0, 0.1) is 5.92 Å². The zero-order valence-corrected chi connectivity index (χ0v) is 6.23. The Morgan fingerprint density at radius 3 is 2.67 bits per heavy atom. The van der Waals surface area contributed by atoms with E-state index in [0.29, 0.717) is 5.92 Å². The van der Waals surface area contributed by atoms with Gasteiger partial charge in [-0.05, 0) is 5.92 Å². The van der Waals surface area contributed by atoms with Crippen LogP contribution < -0.4 is 5.32 Å². The Balaban J connectivity index is 2.41. The highest BCUT2D eigenvalue weighted by Gasteiger charge is 2.26. The number of rotatable bonds is 0. The molecule has 0 aromatic heterocycles. The van der Waals surface area contributed by atoms with E-state index in [0.717, 1.165) is 13.1 Å². The zero-order chi connectivity index (χ0) is 6.85. The minimum absolute atomic E-state index is 0.103. The monoisotopic (exact) mass is 149 g/mol. The Labute approximate surface area is 60.2 Å². The van der Waals surface area contributed by atoms with Gasteiger partial charge in [0.25, 0.3) is 0 Å². The predicted octanol–water partition coefficient (Wildman–Crippen LogP) is 0.194. The van der Waals surface area contributed by atoms with Crippen molar-refractivity contribution < 1.29 is 5.11 Å². The molecule has 1 heterocycles. The lowest BCUT2D eigenvalue weighted by atomic mass is 9.98. The summed E-state index contributed by atoms with van der Waals surface area (Å²) in [6.45, 7) is 3.60. The van der Waals surface area contributed by atoms with Gasteiger partial charge in [0.1, 0.15) is 0 Å². The topological polar surface area (TPSA) is 32.3 Å². The summed E-state index contributed by atoms with van der Waals surface area (Å²) < 4.78 is 0. The summed E-state index contributed by atoms with van der Waals surface area (Å²) in [5.41, 5.74) is 0. The third kappa shape index (κ3) is 1.57. The summed E-state index contributed by atoms with van der Waals surface area (Å²) >= 11 is 5.75. The lowest BCUT2D eigenvalue weighted by Crippen LogP contribution is -2.46. The molecule has 0 aromatic rings. The maximum absolute atomic E-state index is 9.27. The molecular weight excluding hydrogens is 138 g/mol. The molecule has 3 heteroatoms. The van der Waals surface area contributed by atoms with Crippen LogP contribution in [0.1, 0.15) is 6.92 Å². The van der Waals surface area contributed by atoms with Crippen molar-refractivity contribution in [3.05, 3.63) is 0 Å². The van der Waals surface area contributed by atoms with E-state index in [1.807, 2.05) is 6.92 Å². The first kappa shape index (κ1) is 7.32. The van der Waals surface area contributed by atoms with E-state index < -0.39 is 0 Å². The molecule has 0 radical (unpaired) electrons. The van der Waals surface area contributed by atoms with Crippen molar-refractivity contribution >= 4 is 11.6 Å². The van der Waals surface area contributed by atoms with Crippen LogP contribution in [0.4, 0.5) is 0 Å². The molecule has 1 aliphatic heterocycles. The molecule has 1 fully saturated rings. The Kier molecular flexibility index (Phi) is 2.33. The van der Waals surface area contributed by atoms with Gasteiger partial charge in [-0.2, -0.15) is 0 Å². The van der Waals surface area contributed by atoms with Crippen molar-refractivity contribution in [3.63, 3.8) is 0 Å². The SMILES string of the molecule is CC1CNCC(Cl)C1O. The molecule has 54 valence electrons. The number of halogens is 1. The molecule has 1 aliphatic rings. The van der Waals surface area contributed by atoms with Crippen molar-refractivity contribution in [2.24, 2.45) is 5.92 Å². The Bertz CT molecular complexity index is 89.1. The molecule has 0 saturated carbocycles. The van der Waals surface area contributed by atoms with Crippen LogP contribution in [0.2, 0.25) is 0 Å². The van der Waals surface area contributed by atoms with Crippen LogP contribution in [-0.4, -0.2) is 29.7 Å². The average Bonchev–Trinajstić information content (AvgIpc) is 1.83. The largest absolute Gasteiger partial charge is 0.391 e. The minimum Gasteiger partial charge on any atom is -0.391 e. The summed E-state index contributed by atoms with van der Waals surface area (Å²) in [6.07, 6.45) is -0.326. The van der Waals surface area contributed by atoms with Gasteiger partial charge in [-0.25, -0.2) is 0 Å². The van der Waals surface area contributed by atoms with Crippen LogP contribution in [0.15, 0.2) is 0 Å². The quantitative estimate of drug-likeness (QED) is 0.482. The third-order valence-electron chi connectivity index (χ3n) is 1.76. The highest BCUT2D eigenvalue weighted by Crippen LogP contribution is 2.14. The van der Waals surface area contributed by atoms with Crippen molar-refractivity contribution in [1.29, 1.82) is 0 Å². The van der Waals surface area contributed by atoms with Crippen LogP contribution >= 0.6 is 11.6 Å². The second-order valence-corrected chi connectivity index (χ2v) is 3.20. The number of hydrogen-bond donors (Lipinski definition) is 2. The van der Waals surface area contributed by atoms with Gasteiger partial charge in [-0.15, -0.1) is 11.6 Å². The molecule has 0 spiro atoms. The lowest BCUT2D eigenvalue weighted by molar-refractivity contribution is 0.0921. The van der Waals surface area contributed by atoms with Gasteiger partial charge in [-0.1, -0.05) is 6.92 Å². The number of aliphatic hydroxyl groups excluding tert-OH is 1. The van der Waals surface area contributed by atoms with E-state index in [1.54, 1.807) is 0 Å². The smallest absolute Gasteiger partial charge is 0.0753 e. The van der Waals surface area contributed by atoms with Crippen LogP contribution in [-0.2, 0) is 0 Å².